The van der Waals surface area contributed by atoms with E-state index >= 15 is 0 Å². The molecule has 2 aliphatic rings. The zero-order valence-corrected chi connectivity index (χ0v) is 12.9. The molecule has 3 N–H and O–H groups in total. The van der Waals surface area contributed by atoms with E-state index in [9.17, 15) is 4.79 Å². The largest absolute Gasteiger partial charge is 0.389 e. The second-order valence-corrected chi connectivity index (χ2v) is 6.54. The van der Waals surface area contributed by atoms with Crippen molar-refractivity contribution in [2.75, 3.05) is 25.0 Å². The molecular formula is C16H21N3OS. The number of rotatable bonds is 4. The molecule has 5 heteroatoms. The van der Waals surface area contributed by atoms with Crippen LogP contribution in [0.2, 0.25) is 0 Å². The second-order valence-electron chi connectivity index (χ2n) is 6.10. The Morgan fingerprint density at radius 2 is 1.95 bits per heavy atom. The molecule has 0 spiro atoms. The van der Waals surface area contributed by atoms with Crippen molar-refractivity contribution in [3.8, 4) is 0 Å². The molecule has 4 nitrogen and oxygen atoms in total. The summed E-state index contributed by atoms with van der Waals surface area (Å²) >= 11 is 5.02. The number of carbonyl (C=O) groups excluding carboxylic acids is 1. The van der Waals surface area contributed by atoms with Gasteiger partial charge in [0.25, 0.3) is 0 Å². The van der Waals surface area contributed by atoms with Gasteiger partial charge in [-0.05, 0) is 36.8 Å². The zero-order valence-electron chi connectivity index (χ0n) is 12.0. The lowest BCUT2D eigenvalue weighted by molar-refractivity contribution is -0.117. The number of benzene rings is 1. The monoisotopic (exact) mass is 303 g/mol. The minimum absolute atomic E-state index is 0.0127. The molecule has 0 bridgehead atoms. The number of para-hydroxylation sites is 1. The van der Waals surface area contributed by atoms with E-state index in [2.05, 4.69) is 10.2 Å². The molecule has 2 atom stereocenters. The fraction of sp³-hybridized carbons (Fsp3) is 0.500. The molecule has 2 fully saturated rings. The third-order valence-corrected chi connectivity index (χ3v) is 4.86. The number of nitrogens with two attached hydrogens (primary N) is 1. The van der Waals surface area contributed by atoms with E-state index in [4.69, 9.17) is 18.0 Å². The van der Waals surface area contributed by atoms with E-state index in [0.717, 1.165) is 30.5 Å². The number of nitrogens with zero attached hydrogens (tertiary/aromatic N) is 1. The van der Waals surface area contributed by atoms with Crippen LogP contribution < -0.4 is 11.1 Å². The molecule has 1 aromatic rings. The van der Waals surface area contributed by atoms with E-state index < -0.39 is 0 Å². The molecule has 1 saturated carbocycles. The predicted molar refractivity (Wildman–Crippen MR) is 88.2 cm³/mol. The van der Waals surface area contributed by atoms with Gasteiger partial charge in [-0.2, -0.15) is 0 Å². The average molecular weight is 303 g/mol. The van der Waals surface area contributed by atoms with Gasteiger partial charge >= 0.3 is 0 Å². The van der Waals surface area contributed by atoms with Crippen LogP contribution in [0.3, 0.4) is 0 Å². The van der Waals surface area contributed by atoms with Crippen molar-refractivity contribution in [3.63, 3.8) is 0 Å². The van der Waals surface area contributed by atoms with E-state index in [1.807, 2.05) is 24.3 Å². The average Bonchev–Trinajstić information content (AvgIpc) is 2.99. The first-order chi connectivity index (χ1) is 10.1. The first kappa shape index (κ1) is 14.5. The number of fused-ring (bicyclic) bond motifs is 1. The number of hydrogen-bond donors (Lipinski definition) is 2. The molecule has 0 radical (unpaired) electrons. The number of nitrogens with one attached hydrogen (secondary N) is 1. The quantitative estimate of drug-likeness (QED) is 0.835. The number of amides is 1. The molecule has 1 saturated heterocycles. The molecule has 1 aliphatic carbocycles. The van der Waals surface area contributed by atoms with Gasteiger partial charge in [0, 0.05) is 18.7 Å². The minimum atomic E-state index is 0.0127. The zero-order chi connectivity index (χ0) is 14.8. The number of carbonyl (C=O) groups is 1. The van der Waals surface area contributed by atoms with Crippen LogP contribution in [0.4, 0.5) is 5.69 Å². The summed E-state index contributed by atoms with van der Waals surface area (Å²) in [5.41, 5.74) is 7.11. The molecule has 2 unspecified atom stereocenters. The molecule has 0 aromatic heterocycles. The van der Waals surface area contributed by atoms with Crippen LogP contribution in [-0.2, 0) is 4.79 Å². The molecular weight excluding hydrogens is 282 g/mol. The van der Waals surface area contributed by atoms with Crippen LogP contribution in [0.1, 0.15) is 24.8 Å². The summed E-state index contributed by atoms with van der Waals surface area (Å²) in [5, 5.41) is 2.94. The van der Waals surface area contributed by atoms with Gasteiger partial charge < -0.3 is 11.1 Å². The molecule has 1 aromatic carbocycles. The van der Waals surface area contributed by atoms with Crippen LogP contribution in [0.25, 0.3) is 0 Å². The van der Waals surface area contributed by atoms with E-state index in [0.29, 0.717) is 17.2 Å². The Morgan fingerprint density at radius 1 is 1.29 bits per heavy atom. The Labute approximate surface area is 130 Å². The minimum Gasteiger partial charge on any atom is -0.389 e. The van der Waals surface area contributed by atoms with Gasteiger partial charge in [0.05, 0.1) is 12.2 Å². The number of hydrogen-bond acceptors (Lipinski definition) is 3. The van der Waals surface area contributed by atoms with Gasteiger partial charge in [-0.3, -0.25) is 9.69 Å². The summed E-state index contributed by atoms with van der Waals surface area (Å²) in [4.78, 5) is 14.8. The topological polar surface area (TPSA) is 58.4 Å². The Morgan fingerprint density at radius 3 is 2.62 bits per heavy atom. The van der Waals surface area contributed by atoms with Gasteiger partial charge in [0.1, 0.15) is 4.99 Å². The highest BCUT2D eigenvalue weighted by Crippen LogP contribution is 2.37. The van der Waals surface area contributed by atoms with Crippen LogP contribution >= 0.6 is 12.2 Å². The SMILES string of the molecule is NC(=S)c1ccccc1NC(=O)CN1CC2CCCC2C1. The Bertz CT molecular complexity index is 548. The third-order valence-electron chi connectivity index (χ3n) is 4.64. The Hall–Kier alpha value is -1.46. The van der Waals surface area contributed by atoms with Crippen LogP contribution in [-0.4, -0.2) is 35.4 Å². The predicted octanol–water partition coefficient (Wildman–Crippen LogP) is 1.99. The molecule has 21 heavy (non-hydrogen) atoms. The summed E-state index contributed by atoms with van der Waals surface area (Å²) in [6, 6.07) is 7.41. The van der Waals surface area contributed by atoms with Crippen molar-refractivity contribution in [2.45, 2.75) is 19.3 Å². The fourth-order valence-corrected chi connectivity index (χ4v) is 3.84. The maximum atomic E-state index is 12.2. The highest BCUT2D eigenvalue weighted by molar-refractivity contribution is 7.80. The lowest BCUT2D eigenvalue weighted by Gasteiger charge is -2.17. The van der Waals surface area contributed by atoms with E-state index in [1.54, 1.807) is 0 Å². The highest BCUT2D eigenvalue weighted by Gasteiger charge is 2.36. The maximum absolute atomic E-state index is 12.2. The number of likely N-dealkylation sites (tertiary alicyclic amines) is 1. The Balaban J connectivity index is 1.59. The van der Waals surface area contributed by atoms with Crippen molar-refractivity contribution < 1.29 is 4.79 Å². The van der Waals surface area contributed by atoms with Crippen molar-refractivity contribution in [3.05, 3.63) is 29.8 Å². The van der Waals surface area contributed by atoms with Crippen LogP contribution in [0.5, 0.6) is 0 Å². The molecule has 3 rings (SSSR count). The summed E-state index contributed by atoms with van der Waals surface area (Å²) in [6.45, 7) is 2.59. The summed E-state index contributed by atoms with van der Waals surface area (Å²) < 4.78 is 0. The normalized spacial score (nSPS) is 24.8. The van der Waals surface area contributed by atoms with E-state index in [-0.39, 0.29) is 5.91 Å². The van der Waals surface area contributed by atoms with Gasteiger partial charge in [0.15, 0.2) is 0 Å². The first-order valence-corrected chi connectivity index (χ1v) is 7.95. The smallest absolute Gasteiger partial charge is 0.238 e. The van der Waals surface area contributed by atoms with Crippen molar-refractivity contribution >= 4 is 28.8 Å². The van der Waals surface area contributed by atoms with Crippen LogP contribution in [0, 0.1) is 11.8 Å². The highest BCUT2D eigenvalue weighted by atomic mass is 32.1. The fourth-order valence-electron chi connectivity index (χ4n) is 3.66. The second kappa shape index (κ2) is 6.12. The number of anilines is 1. The van der Waals surface area contributed by atoms with Crippen molar-refractivity contribution in [1.29, 1.82) is 0 Å². The maximum Gasteiger partial charge on any atom is 0.238 e. The summed E-state index contributed by atoms with van der Waals surface area (Å²) in [5.74, 6) is 1.63. The summed E-state index contributed by atoms with van der Waals surface area (Å²) in [7, 11) is 0. The van der Waals surface area contributed by atoms with Gasteiger partial charge in [0.2, 0.25) is 5.91 Å². The van der Waals surface area contributed by atoms with Gasteiger partial charge in [-0.1, -0.05) is 30.8 Å². The molecule has 1 amide bonds. The van der Waals surface area contributed by atoms with Crippen LogP contribution in [0.15, 0.2) is 24.3 Å². The first-order valence-electron chi connectivity index (χ1n) is 7.54. The van der Waals surface area contributed by atoms with Gasteiger partial charge in [-0.25, -0.2) is 0 Å². The summed E-state index contributed by atoms with van der Waals surface area (Å²) in [6.07, 6.45) is 4.01. The van der Waals surface area contributed by atoms with Crippen molar-refractivity contribution in [1.82, 2.24) is 4.90 Å². The van der Waals surface area contributed by atoms with E-state index in [1.165, 1.54) is 19.3 Å². The standard InChI is InChI=1S/C16H21N3OS/c17-16(21)13-6-1-2-7-14(13)18-15(20)10-19-8-11-4-3-5-12(11)9-19/h1-2,6-7,11-12H,3-5,8-10H2,(H2,17,21)(H,18,20). The Kier molecular flexibility index (Phi) is 4.22. The lowest BCUT2D eigenvalue weighted by atomic mass is 10.0. The third kappa shape index (κ3) is 3.24. The lowest BCUT2D eigenvalue weighted by Crippen LogP contribution is -2.32. The molecule has 112 valence electrons. The molecule has 1 aliphatic heterocycles. The van der Waals surface area contributed by atoms with Gasteiger partial charge in [-0.15, -0.1) is 0 Å². The number of thiocarbonyl (C=S) groups is 1. The molecule has 1 heterocycles. The van der Waals surface area contributed by atoms with Crippen molar-refractivity contribution in [2.24, 2.45) is 17.6 Å².